The smallest absolute Gasteiger partial charge is 0.135 e. The van der Waals surface area contributed by atoms with Gasteiger partial charge in [0, 0.05) is 22.4 Å². The van der Waals surface area contributed by atoms with Crippen molar-refractivity contribution in [2.75, 3.05) is 0 Å². The molecule has 0 N–H and O–H groups in total. The largest absolute Gasteiger partial charge is 0.456 e. The number of nitrogens with zero attached hydrogens (tertiary/aromatic N) is 1. The molecule has 3 aliphatic rings. The van der Waals surface area contributed by atoms with E-state index in [1.54, 1.807) is 0 Å². The standard InChI is InChI=1S/C63H49NO/c1-3-48-60(47-30-26-40-13-5-7-15-44(40)35-47)38(2)22-32-57(42-27-23-41(24-28-42)45-29-25-39-12-4-6-14-43(39)34-45)64-63(48)53-20-11-21-59-62(53)56-36-46(31-33-58(56)65-59)49-18-10-19-52-50-16-8-9-17-51(50)54-37-55(54)61(49)52/h4-21,23-31,33-36,48,54-55,63H,3,22,32,37H2,1-2H3/b60-38-,64-57+/t48?,54-,55?,63?/m0/s1. The third kappa shape index (κ3) is 6.33. The zero-order chi connectivity index (χ0) is 43.2. The third-order valence-electron chi connectivity index (χ3n) is 15.1. The zero-order valence-electron chi connectivity index (χ0n) is 36.9. The first-order valence-corrected chi connectivity index (χ1v) is 23.6. The lowest BCUT2D eigenvalue weighted by Crippen LogP contribution is -2.19. The SMILES string of the molecule is CCC1/C(c2ccc3ccccc3c2)=C(/C)CC/C(c2ccc(-c3ccc4ccccc4c3)cc2)=N\C1c1cccc2oc3ccc(-c4cccc5c4C4C[C@H]4c4ccccc4-5)cc3c12. The van der Waals surface area contributed by atoms with E-state index in [4.69, 9.17) is 9.41 Å². The average molecular weight is 836 g/mol. The molecule has 10 aromatic rings. The summed E-state index contributed by atoms with van der Waals surface area (Å²) in [5, 5.41) is 7.40. The van der Waals surface area contributed by atoms with Crippen molar-refractivity contribution in [1.82, 2.24) is 0 Å². The Morgan fingerprint density at radius 3 is 1.92 bits per heavy atom. The van der Waals surface area contributed by atoms with Gasteiger partial charge in [0.2, 0.25) is 0 Å². The summed E-state index contributed by atoms with van der Waals surface area (Å²) in [5.41, 5.74) is 20.5. The highest BCUT2D eigenvalue weighted by Crippen LogP contribution is 2.64. The fourth-order valence-corrected chi connectivity index (χ4v) is 11.9. The topological polar surface area (TPSA) is 25.5 Å². The quantitative estimate of drug-likeness (QED) is 0.164. The molecule has 9 aromatic carbocycles. The molecule has 0 saturated heterocycles. The lowest BCUT2D eigenvalue weighted by molar-refractivity contribution is 0.519. The average Bonchev–Trinajstić information content (AvgIpc) is 4.08. The maximum Gasteiger partial charge on any atom is 0.135 e. The second kappa shape index (κ2) is 15.2. The Balaban J connectivity index is 0.975. The Bertz CT molecular complexity index is 3600. The number of benzene rings is 9. The number of rotatable bonds is 6. The van der Waals surface area contributed by atoms with Gasteiger partial charge in [0.1, 0.15) is 11.2 Å². The van der Waals surface area contributed by atoms with Gasteiger partial charge >= 0.3 is 0 Å². The molecule has 0 amide bonds. The van der Waals surface area contributed by atoms with Crippen molar-refractivity contribution in [2.24, 2.45) is 10.9 Å². The van der Waals surface area contributed by atoms with Crippen molar-refractivity contribution in [3.63, 3.8) is 0 Å². The summed E-state index contributed by atoms with van der Waals surface area (Å²) < 4.78 is 6.80. The Hall–Kier alpha value is -7.29. The first-order valence-electron chi connectivity index (χ1n) is 23.6. The van der Waals surface area contributed by atoms with Crippen LogP contribution in [0.3, 0.4) is 0 Å². The van der Waals surface area contributed by atoms with E-state index < -0.39 is 0 Å². The highest BCUT2D eigenvalue weighted by molar-refractivity contribution is 6.09. The third-order valence-corrected chi connectivity index (χ3v) is 15.1. The summed E-state index contributed by atoms with van der Waals surface area (Å²) in [6, 6.07) is 69.8. The van der Waals surface area contributed by atoms with Crippen LogP contribution in [0.4, 0.5) is 0 Å². The number of furan rings is 1. The summed E-state index contributed by atoms with van der Waals surface area (Å²) in [4.78, 5) is 6.00. The van der Waals surface area contributed by atoms with E-state index in [1.165, 1.54) is 106 Å². The van der Waals surface area contributed by atoms with Crippen LogP contribution in [0.2, 0.25) is 0 Å². The van der Waals surface area contributed by atoms with E-state index in [2.05, 4.69) is 202 Å². The first-order chi connectivity index (χ1) is 32.1. The Morgan fingerprint density at radius 1 is 0.492 bits per heavy atom. The van der Waals surface area contributed by atoms with Crippen LogP contribution in [0.15, 0.2) is 203 Å². The van der Waals surface area contributed by atoms with E-state index in [0.29, 0.717) is 11.8 Å². The highest BCUT2D eigenvalue weighted by atomic mass is 16.3. The summed E-state index contributed by atoms with van der Waals surface area (Å²) in [7, 11) is 0. The fraction of sp³-hybridized carbons (Fsp3) is 0.159. The Kier molecular flexibility index (Phi) is 8.91. The maximum atomic E-state index is 6.80. The predicted molar refractivity (Wildman–Crippen MR) is 273 cm³/mol. The molecule has 1 aromatic heterocycles. The van der Waals surface area contributed by atoms with E-state index in [9.17, 15) is 0 Å². The van der Waals surface area contributed by atoms with Crippen LogP contribution in [0.1, 0.15) is 85.2 Å². The second-order valence-corrected chi connectivity index (χ2v) is 18.8. The molecule has 0 bridgehead atoms. The lowest BCUT2D eigenvalue weighted by atomic mass is 9.76. The van der Waals surface area contributed by atoms with Crippen LogP contribution in [0.25, 0.3) is 82.4 Å². The molecule has 2 aliphatic carbocycles. The van der Waals surface area contributed by atoms with Crippen molar-refractivity contribution < 1.29 is 4.42 Å². The van der Waals surface area contributed by atoms with Gasteiger partial charge in [-0.05, 0) is 163 Å². The van der Waals surface area contributed by atoms with Gasteiger partial charge in [-0.1, -0.05) is 170 Å². The van der Waals surface area contributed by atoms with E-state index >= 15 is 0 Å². The summed E-state index contributed by atoms with van der Waals surface area (Å²) >= 11 is 0. The Morgan fingerprint density at radius 2 is 1.12 bits per heavy atom. The van der Waals surface area contributed by atoms with Gasteiger partial charge in [-0.25, -0.2) is 0 Å². The van der Waals surface area contributed by atoms with Crippen LogP contribution >= 0.6 is 0 Å². The molecule has 2 heteroatoms. The van der Waals surface area contributed by atoms with Crippen LogP contribution in [-0.2, 0) is 0 Å². The van der Waals surface area contributed by atoms with Gasteiger partial charge in [-0.2, -0.15) is 0 Å². The molecular weight excluding hydrogens is 787 g/mol. The molecular formula is C63H49NO. The summed E-state index contributed by atoms with van der Waals surface area (Å²) in [5.74, 6) is 1.32. The van der Waals surface area contributed by atoms with Gasteiger partial charge in [-0.15, -0.1) is 0 Å². The van der Waals surface area contributed by atoms with Gasteiger partial charge in [0.25, 0.3) is 0 Å². The minimum atomic E-state index is -0.145. The van der Waals surface area contributed by atoms with Crippen LogP contribution in [0, 0.1) is 5.92 Å². The predicted octanol–water partition coefficient (Wildman–Crippen LogP) is 17.3. The molecule has 0 radical (unpaired) electrons. The molecule has 1 saturated carbocycles. The molecule has 2 heterocycles. The van der Waals surface area contributed by atoms with Crippen molar-refractivity contribution in [3.8, 4) is 33.4 Å². The molecule has 0 spiro atoms. The molecule has 65 heavy (non-hydrogen) atoms. The van der Waals surface area contributed by atoms with Crippen LogP contribution < -0.4 is 0 Å². The van der Waals surface area contributed by atoms with Crippen molar-refractivity contribution in [3.05, 3.63) is 221 Å². The van der Waals surface area contributed by atoms with Crippen molar-refractivity contribution >= 4 is 54.8 Å². The van der Waals surface area contributed by atoms with Gasteiger partial charge < -0.3 is 4.42 Å². The number of allylic oxidation sites excluding steroid dienone is 1. The number of aliphatic imine (C=N–C) groups is 1. The fourth-order valence-electron chi connectivity index (χ4n) is 11.9. The highest BCUT2D eigenvalue weighted by Gasteiger charge is 2.46. The monoisotopic (exact) mass is 835 g/mol. The normalized spacial score (nSPS) is 21.0. The van der Waals surface area contributed by atoms with Crippen LogP contribution in [-0.4, -0.2) is 5.71 Å². The first kappa shape index (κ1) is 38.2. The number of hydrogen-bond acceptors (Lipinski definition) is 2. The lowest BCUT2D eigenvalue weighted by Gasteiger charge is -2.32. The van der Waals surface area contributed by atoms with E-state index in [0.717, 1.165) is 41.5 Å². The van der Waals surface area contributed by atoms with Gasteiger partial charge in [0.15, 0.2) is 0 Å². The molecule has 312 valence electrons. The zero-order valence-corrected chi connectivity index (χ0v) is 36.9. The summed E-state index contributed by atoms with van der Waals surface area (Å²) in [6.45, 7) is 4.73. The molecule has 13 rings (SSSR count). The Labute approximate surface area is 380 Å². The van der Waals surface area contributed by atoms with Gasteiger partial charge in [-0.3, -0.25) is 4.99 Å². The molecule has 4 atom stereocenters. The minimum absolute atomic E-state index is 0.134. The van der Waals surface area contributed by atoms with Crippen molar-refractivity contribution in [1.29, 1.82) is 0 Å². The minimum Gasteiger partial charge on any atom is -0.456 e. The van der Waals surface area contributed by atoms with Crippen molar-refractivity contribution in [2.45, 2.75) is 57.4 Å². The molecule has 3 unspecified atom stereocenters. The number of fused-ring (bicyclic) bond motifs is 11. The number of hydrogen-bond donors (Lipinski definition) is 0. The van der Waals surface area contributed by atoms with E-state index in [-0.39, 0.29) is 12.0 Å². The summed E-state index contributed by atoms with van der Waals surface area (Å²) in [6.07, 6.45) is 3.98. The second-order valence-electron chi connectivity index (χ2n) is 18.8. The molecule has 1 fully saturated rings. The maximum absolute atomic E-state index is 6.80. The molecule has 2 nitrogen and oxygen atoms in total. The molecule has 1 aliphatic heterocycles. The van der Waals surface area contributed by atoms with Gasteiger partial charge in [0.05, 0.1) is 6.04 Å². The van der Waals surface area contributed by atoms with E-state index in [1.807, 2.05) is 0 Å². The van der Waals surface area contributed by atoms with Crippen LogP contribution in [0.5, 0.6) is 0 Å².